The van der Waals surface area contributed by atoms with Crippen LogP contribution in [0, 0.1) is 5.92 Å². The second-order valence-corrected chi connectivity index (χ2v) is 6.86. The molecule has 17 heavy (non-hydrogen) atoms. The van der Waals surface area contributed by atoms with E-state index >= 15 is 0 Å². The van der Waals surface area contributed by atoms with Crippen LogP contribution in [0.3, 0.4) is 0 Å². The summed E-state index contributed by atoms with van der Waals surface area (Å²) in [5.74, 6) is 0.668. The van der Waals surface area contributed by atoms with Crippen molar-refractivity contribution >= 4 is 27.3 Å². The average molecular weight is 314 g/mol. The van der Waals surface area contributed by atoms with E-state index in [4.69, 9.17) is 0 Å². The van der Waals surface area contributed by atoms with Gasteiger partial charge in [0.2, 0.25) is 0 Å². The molecular weight excluding hydrogens is 298 g/mol. The second-order valence-electron chi connectivity index (χ2n) is 4.40. The van der Waals surface area contributed by atoms with E-state index in [2.05, 4.69) is 57.4 Å². The van der Waals surface area contributed by atoms with Crippen molar-refractivity contribution in [3.05, 3.63) is 27.7 Å². The smallest absolute Gasteiger partial charge is 0.0795 e. The largest absolute Gasteiger partial charge is 0.312 e. The number of rotatable bonds is 5. The van der Waals surface area contributed by atoms with Crippen LogP contribution in [0.4, 0.5) is 0 Å². The van der Waals surface area contributed by atoms with Crippen molar-refractivity contribution in [2.75, 3.05) is 6.54 Å². The van der Waals surface area contributed by atoms with Crippen LogP contribution in [0.25, 0.3) is 10.6 Å². The lowest BCUT2D eigenvalue weighted by Crippen LogP contribution is -2.18. The molecule has 5 heteroatoms. The SMILES string of the molecule is CC(C)CNCc1cn[nH]c1-c1ccc(Br)s1. The average Bonchev–Trinajstić information content (AvgIpc) is 2.86. The Bertz CT molecular complexity index is 476. The minimum absolute atomic E-state index is 0.668. The van der Waals surface area contributed by atoms with Gasteiger partial charge >= 0.3 is 0 Å². The molecular formula is C12H16BrN3S. The number of hydrogen-bond acceptors (Lipinski definition) is 3. The van der Waals surface area contributed by atoms with Crippen molar-refractivity contribution in [1.82, 2.24) is 15.5 Å². The fourth-order valence-electron chi connectivity index (χ4n) is 1.60. The zero-order chi connectivity index (χ0) is 12.3. The summed E-state index contributed by atoms with van der Waals surface area (Å²) in [6.45, 7) is 6.30. The molecule has 0 spiro atoms. The number of nitrogens with zero attached hydrogens (tertiary/aromatic N) is 1. The number of hydrogen-bond donors (Lipinski definition) is 2. The molecule has 0 aromatic carbocycles. The Hall–Kier alpha value is -0.650. The monoisotopic (exact) mass is 313 g/mol. The van der Waals surface area contributed by atoms with Crippen LogP contribution >= 0.6 is 27.3 Å². The standard InChI is InChI=1S/C12H16BrN3S/c1-8(2)5-14-6-9-7-15-16-12(9)10-3-4-11(13)17-10/h3-4,7-8,14H,5-6H2,1-2H3,(H,15,16). The summed E-state index contributed by atoms with van der Waals surface area (Å²) in [7, 11) is 0. The van der Waals surface area contributed by atoms with Crippen LogP contribution in [-0.4, -0.2) is 16.7 Å². The minimum Gasteiger partial charge on any atom is -0.312 e. The number of aromatic amines is 1. The molecule has 2 aromatic heterocycles. The molecule has 3 nitrogen and oxygen atoms in total. The Labute approximate surface area is 114 Å². The van der Waals surface area contributed by atoms with Gasteiger partial charge in [0.05, 0.1) is 20.6 Å². The van der Waals surface area contributed by atoms with E-state index in [0.717, 1.165) is 22.6 Å². The molecule has 0 bridgehead atoms. The highest BCUT2D eigenvalue weighted by atomic mass is 79.9. The molecule has 0 unspecified atom stereocenters. The van der Waals surface area contributed by atoms with E-state index in [1.165, 1.54) is 10.4 Å². The lowest BCUT2D eigenvalue weighted by Gasteiger charge is -2.06. The molecule has 2 aromatic rings. The van der Waals surface area contributed by atoms with Gasteiger partial charge in [-0.25, -0.2) is 0 Å². The van der Waals surface area contributed by atoms with Crippen molar-refractivity contribution in [3.8, 4) is 10.6 Å². The van der Waals surface area contributed by atoms with Crippen molar-refractivity contribution in [1.29, 1.82) is 0 Å². The van der Waals surface area contributed by atoms with Crippen LogP contribution in [0.1, 0.15) is 19.4 Å². The first-order valence-corrected chi connectivity index (χ1v) is 7.26. The highest BCUT2D eigenvalue weighted by molar-refractivity contribution is 9.11. The number of H-pyrrole nitrogens is 1. The van der Waals surface area contributed by atoms with Crippen LogP contribution in [0.2, 0.25) is 0 Å². The van der Waals surface area contributed by atoms with E-state index in [0.29, 0.717) is 5.92 Å². The Morgan fingerprint density at radius 1 is 1.47 bits per heavy atom. The van der Waals surface area contributed by atoms with Crippen molar-refractivity contribution in [2.24, 2.45) is 5.92 Å². The van der Waals surface area contributed by atoms with Gasteiger partial charge < -0.3 is 5.32 Å². The molecule has 0 saturated heterocycles. The molecule has 0 fully saturated rings. The summed E-state index contributed by atoms with van der Waals surface area (Å²) in [4.78, 5) is 1.22. The minimum atomic E-state index is 0.668. The molecule has 0 aliphatic carbocycles. The van der Waals surface area contributed by atoms with Gasteiger partial charge in [0, 0.05) is 12.1 Å². The van der Waals surface area contributed by atoms with Gasteiger partial charge in [0.15, 0.2) is 0 Å². The maximum atomic E-state index is 4.13. The van der Waals surface area contributed by atoms with E-state index in [9.17, 15) is 0 Å². The zero-order valence-electron chi connectivity index (χ0n) is 9.96. The number of halogens is 1. The van der Waals surface area contributed by atoms with Crippen molar-refractivity contribution in [3.63, 3.8) is 0 Å². The Kier molecular flexibility index (Phi) is 4.36. The molecule has 2 heterocycles. The van der Waals surface area contributed by atoms with Gasteiger partial charge in [0.1, 0.15) is 0 Å². The lowest BCUT2D eigenvalue weighted by molar-refractivity contribution is 0.553. The van der Waals surface area contributed by atoms with E-state index in [-0.39, 0.29) is 0 Å². The van der Waals surface area contributed by atoms with Crippen molar-refractivity contribution in [2.45, 2.75) is 20.4 Å². The molecule has 0 aliphatic rings. The molecule has 92 valence electrons. The molecule has 2 N–H and O–H groups in total. The van der Waals surface area contributed by atoms with E-state index in [1.807, 2.05) is 6.20 Å². The topological polar surface area (TPSA) is 40.7 Å². The Morgan fingerprint density at radius 3 is 2.94 bits per heavy atom. The Balaban J connectivity index is 2.07. The van der Waals surface area contributed by atoms with Crippen molar-refractivity contribution < 1.29 is 0 Å². The van der Waals surface area contributed by atoms with Crippen LogP contribution in [-0.2, 0) is 6.54 Å². The first-order valence-electron chi connectivity index (χ1n) is 5.65. The third-order valence-electron chi connectivity index (χ3n) is 2.41. The summed E-state index contributed by atoms with van der Waals surface area (Å²) in [6, 6.07) is 4.17. The lowest BCUT2D eigenvalue weighted by atomic mass is 10.2. The third-order valence-corrected chi connectivity index (χ3v) is 4.05. The number of nitrogens with one attached hydrogen (secondary N) is 2. The second kappa shape index (κ2) is 5.80. The van der Waals surface area contributed by atoms with Gasteiger partial charge in [-0.05, 0) is 40.5 Å². The predicted octanol–water partition coefficient (Wildman–Crippen LogP) is 3.65. The normalized spacial score (nSPS) is 11.3. The quantitative estimate of drug-likeness (QED) is 0.884. The molecule has 0 saturated carbocycles. The summed E-state index contributed by atoms with van der Waals surface area (Å²) < 4.78 is 1.14. The maximum Gasteiger partial charge on any atom is 0.0795 e. The van der Waals surface area contributed by atoms with Crippen LogP contribution < -0.4 is 5.32 Å². The first kappa shape index (κ1) is 12.8. The molecule has 0 aliphatic heterocycles. The Morgan fingerprint density at radius 2 is 2.29 bits per heavy atom. The highest BCUT2D eigenvalue weighted by Crippen LogP contribution is 2.31. The number of aromatic nitrogens is 2. The summed E-state index contributed by atoms with van der Waals surface area (Å²) in [6.07, 6.45) is 1.90. The van der Waals surface area contributed by atoms with Gasteiger partial charge in [-0.15, -0.1) is 11.3 Å². The zero-order valence-corrected chi connectivity index (χ0v) is 12.4. The van der Waals surface area contributed by atoms with Gasteiger partial charge in [-0.2, -0.15) is 5.10 Å². The summed E-state index contributed by atoms with van der Waals surface area (Å²) >= 11 is 5.20. The first-order chi connectivity index (χ1) is 8.16. The maximum absolute atomic E-state index is 4.13. The van der Waals surface area contributed by atoms with Gasteiger partial charge in [-0.1, -0.05) is 13.8 Å². The summed E-state index contributed by atoms with van der Waals surface area (Å²) in [5, 5.41) is 10.6. The summed E-state index contributed by atoms with van der Waals surface area (Å²) in [5.41, 5.74) is 2.34. The molecule has 2 rings (SSSR count). The molecule has 0 amide bonds. The van der Waals surface area contributed by atoms with Gasteiger partial charge in [-0.3, -0.25) is 5.10 Å². The molecule has 0 radical (unpaired) electrons. The third kappa shape index (κ3) is 3.40. The van der Waals surface area contributed by atoms with E-state index in [1.54, 1.807) is 11.3 Å². The highest BCUT2D eigenvalue weighted by Gasteiger charge is 2.09. The van der Waals surface area contributed by atoms with Gasteiger partial charge in [0.25, 0.3) is 0 Å². The molecule has 0 atom stereocenters. The van der Waals surface area contributed by atoms with E-state index < -0.39 is 0 Å². The predicted molar refractivity (Wildman–Crippen MR) is 76.1 cm³/mol. The number of thiophene rings is 1. The van der Waals surface area contributed by atoms with Crippen LogP contribution in [0.5, 0.6) is 0 Å². The fourth-order valence-corrected chi connectivity index (χ4v) is 3.02. The fraction of sp³-hybridized carbons (Fsp3) is 0.417. The van der Waals surface area contributed by atoms with Crippen LogP contribution in [0.15, 0.2) is 22.1 Å².